The minimum Gasteiger partial charge on any atom is -0.497 e. The molecule has 0 saturated carbocycles. The minimum absolute atomic E-state index is 0.0724. The molecule has 0 unspecified atom stereocenters. The first-order chi connectivity index (χ1) is 12.8. The number of nitrogens with zero attached hydrogens (tertiary/aromatic N) is 1. The summed E-state index contributed by atoms with van der Waals surface area (Å²) >= 11 is 6.33. The van der Waals surface area contributed by atoms with Gasteiger partial charge in [0.1, 0.15) is 12.3 Å². The van der Waals surface area contributed by atoms with Crippen molar-refractivity contribution in [2.45, 2.75) is 27.2 Å². The molecular weight excluding hydrogens is 364 g/mol. The number of aryl methyl sites for hydroxylation is 2. The molecule has 0 atom stereocenters. The fraction of sp³-hybridized carbons (Fsp3) is 0.333. The molecule has 2 aromatic rings. The molecule has 0 bridgehead atoms. The van der Waals surface area contributed by atoms with Crippen molar-refractivity contribution in [2.75, 3.05) is 25.1 Å². The molecule has 27 heavy (non-hydrogen) atoms. The summed E-state index contributed by atoms with van der Waals surface area (Å²) in [6.07, 6.45) is 0.674. The topological polar surface area (TPSA) is 58.6 Å². The Bertz CT molecular complexity index is 813. The summed E-state index contributed by atoms with van der Waals surface area (Å²) in [5.74, 6) is 0.321. The van der Waals surface area contributed by atoms with Crippen LogP contribution in [-0.4, -0.2) is 32.0 Å². The first-order valence-electron chi connectivity index (χ1n) is 8.76. The van der Waals surface area contributed by atoms with Crippen molar-refractivity contribution in [3.05, 3.63) is 58.1 Å². The van der Waals surface area contributed by atoms with Crippen LogP contribution >= 0.6 is 11.6 Å². The van der Waals surface area contributed by atoms with Gasteiger partial charge in [-0.05, 0) is 55.2 Å². The first-order valence-corrected chi connectivity index (χ1v) is 9.14. The van der Waals surface area contributed by atoms with E-state index < -0.39 is 0 Å². The normalized spacial score (nSPS) is 10.4. The van der Waals surface area contributed by atoms with Crippen molar-refractivity contribution in [1.29, 1.82) is 0 Å². The molecule has 2 aromatic carbocycles. The largest absolute Gasteiger partial charge is 0.497 e. The van der Waals surface area contributed by atoms with Gasteiger partial charge in [-0.15, -0.1) is 0 Å². The Balaban J connectivity index is 2.00. The van der Waals surface area contributed by atoms with Crippen LogP contribution < -0.4 is 15.0 Å². The highest BCUT2D eigenvalue weighted by molar-refractivity contribution is 6.34. The summed E-state index contributed by atoms with van der Waals surface area (Å²) < 4.78 is 5.20. The Hall–Kier alpha value is -2.53. The number of amides is 2. The van der Waals surface area contributed by atoms with Crippen molar-refractivity contribution in [3.8, 4) is 5.75 Å². The Morgan fingerprint density at radius 1 is 1.19 bits per heavy atom. The Morgan fingerprint density at radius 3 is 2.56 bits per heavy atom. The third-order valence-electron chi connectivity index (χ3n) is 4.22. The van der Waals surface area contributed by atoms with Crippen LogP contribution in [0.3, 0.4) is 0 Å². The monoisotopic (exact) mass is 388 g/mol. The second kappa shape index (κ2) is 9.42. The van der Waals surface area contributed by atoms with E-state index in [1.54, 1.807) is 13.2 Å². The molecule has 0 aliphatic rings. The second-order valence-corrected chi connectivity index (χ2v) is 6.88. The number of hydrogen-bond donors (Lipinski definition) is 1. The smallest absolute Gasteiger partial charge is 0.240 e. The summed E-state index contributed by atoms with van der Waals surface area (Å²) in [4.78, 5) is 25.9. The minimum atomic E-state index is -0.232. The van der Waals surface area contributed by atoms with Gasteiger partial charge < -0.3 is 15.0 Å². The molecule has 0 fully saturated rings. The number of nitrogens with one attached hydrogen (secondary N) is 1. The summed E-state index contributed by atoms with van der Waals surface area (Å²) in [6.45, 7) is 5.64. The zero-order valence-electron chi connectivity index (χ0n) is 16.1. The molecule has 0 aromatic heterocycles. The molecule has 2 amide bonds. The number of halogens is 1. The summed E-state index contributed by atoms with van der Waals surface area (Å²) in [6, 6.07) is 11.4. The van der Waals surface area contributed by atoms with Crippen LogP contribution in [0.15, 0.2) is 36.4 Å². The van der Waals surface area contributed by atoms with Crippen molar-refractivity contribution in [3.63, 3.8) is 0 Å². The Kier molecular flexibility index (Phi) is 7.25. The summed E-state index contributed by atoms with van der Waals surface area (Å²) in [5, 5.41) is 3.32. The number of hydrogen-bond acceptors (Lipinski definition) is 3. The van der Waals surface area contributed by atoms with Crippen LogP contribution in [0.2, 0.25) is 5.02 Å². The van der Waals surface area contributed by atoms with Crippen LogP contribution in [0.25, 0.3) is 0 Å². The average Bonchev–Trinajstić information content (AvgIpc) is 2.60. The number of ether oxygens (including phenoxy) is 1. The predicted octanol–water partition coefficient (Wildman–Crippen LogP) is 3.68. The van der Waals surface area contributed by atoms with Crippen molar-refractivity contribution >= 4 is 29.1 Å². The molecule has 2 rings (SSSR count). The first kappa shape index (κ1) is 20.8. The van der Waals surface area contributed by atoms with Gasteiger partial charge >= 0.3 is 0 Å². The number of carbonyl (C=O) groups is 2. The number of methoxy groups -OCH3 is 1. The number of rotatable bonds is 7. The van der Waals surface area contributed by atoms with Crippen molar-refractivity contribution < 1.29 is 14.3 Å². The van der Waals surface area contributed by atoms with E-state index in [-0.39, 0.29) is 18.4 Å². The molecule has 0 spiro atoms. The lowest BCUT2D eigenvalue weighted by Crippen LogP contribution is -2.41. The second-order valence-electron chi connectivity index (χ2n) is 6.47. The highest BCUT2D eigenvalue weighted by Gasteiger charge is 2.20. The van der Waals surface area contributed by atoms with E-state index in [1.807, 2.05) is 44.2 Å². The zero-order valence-corrected chi connectivity index (χ0v) is 16.9. The van der Waals surface area contributed by atoms with Crippen LogP contribution in [0.4, 0.5) is 5.69 Å². The highest BCUT2D eigenvalue weighted by atomic mass is 35.5. The van der Waals surface area contributed by atoms with E-state index in [9.17, 15) is 9.59 Å². The van der Waals surface area contributed by atoms with Gasteiger partial charge in [0.2, 0.25) is 11.8 Å². The molecule has 5 nitrogen and oxygen atoms in total. The lowest BCUT2D eigenvalue weighted by atomic mass is 10.1. The molecule has 0 radical (unpaired) electrons. The molecule has 0 aliphatic carbocycles. The number of carbonyl (C=O) groups excluding carboxylic acids is 2. The van der Waals surface area contributed by atoms with Gasteiger partial charge in [0.15, 0.2) is 0 Å². The van der Waals surface area contributed by atoms with Gasteiger partial charge in [-0.1, -0.05) is 29.8 Å². The van der Waals surface area contributed by atoms with E-state index in [1.165, 1.54) is 11.8 Å². The Morgan fingerprint density at radius 2 is 1.93 bits per heavy atom. The fourth-order valence-corrected chi connectivity index (χ4v) is 3.39. The van der Waals surface area contributed by atoms with Gasteiger partial charge in [0.25, 0.3) is 0 Å². The van der Waals surface area contributed by atoms with E-state index in [0.717, 1.165) is 22.4 Å². The Labute approximate surface area is 165 Å². The maximum Gasteiger partial charge on any atom is 0.240 e. The molecule has 144 valence electrons. The third-order valence-corrected chi connectivity index (χ3v) is 4.51. The third kappa shape index (κ3) is 5.73. The highest BCUT2D eigenvalue weighted by Crippen LogP contribution is 2.31. The van der Waals surface area contributed by atoms with Crippen LogP contribution in [-0.2, 0) is 16.0 Å². The standard InChI is InChI=1S/C21H25ClN2O3/c1-14-10-15(2)21(19(22)11-14)24(16(3)25)13-20(26)23-9-8-17-6-5-7-18(12-17)27-4/h5-7,10-12H,8-9,13H2,1-4H3,(H,23,26). The lowest BCUT2D eigenvalue weighted by Gasteiger charge is -2.24. The summed E-state index contributed by atoms with van der Waals surface area (Å²) in [5.41, 5.74) is 3.51. The van der Waals surface area contributed by atoms with Gasteiger partial charge in [-0.25, -0.2) is 0 Å². The van der Waals surface area contributed by atoms with E-state index in [4.69, 9.17) is 16.3 Å². The van der Waals surface area contributed by atoms with Gasteiger partial charge in [0.05, 0.1) is 17.8 Å². The van der Waals surface area contributed by atoms with Crippen molar-refractivity contribution in [1.82, 2.24) is 5.32 Å². The van der Waals surface area contributed by atoms with Gasteiger partial charge in [0, 0.05) is 13.5 Å². The van der Waals surface area contributed by atoms with Crippen molar-refractivity contribution in [2.24, 2.45) is 0 Å². The molecular formula is C21H25ClN2O3. The maximum atomic E-state index is 12.4. The van der Waals surface area contributed by atoms with Crippen LogP contribution in [0.1, 0.15) is 23.6 Å². The van der Waals surface area contributed by atoms with E-state index in [2.05, 4.69) is 5.32 Å². The molecule has 0 aliphatic heterocycles. The van der Waals surface area contributed by atoms with Crippen LogP contribution in [0, 0.1) is 13.8 Å². The predicted molar refractivity (Wildman–Crippen MR) is 109 cm³/mol. The molecule has 1 N–H and O–H groups in total. The quantitative estimate of drug-likeness (QED) is 0.787. The number of benzene rings is 2. The zero-order chi connectivity index (χ0) is 20.0. The molecule has 0 heterocycles. The van der Waals surface area contributed by atoms with E-state index in [0.29, 0.717) is 23.7 Å². The molecule has 0 saturated heterocycles. The average molecular weight is 389 g/mol. The van der Waals surface area contributed by atoms with Gasteiger partial charge in [-0.2, -0.15) is 0 Å². The fourth-order valence-electron chi connectivity index (χ4n) is 2.97. The number of anilines is 1. The van der Waals surface area contributed by atoms with E-state index >= 15 is 0 Å². The SMILES string of the molecule is COc1cccc(CCNC(=O)CN(C(C)=O)c2c(C)cc(C)cc2Cl)c1. The van der Waals surface area contributed by atoms with Gasteiger partial charge in [-0.3, -0.25) is 9.59 Å². The molecule has 6 heteroatoms. The summed E-state index contributed by atoms with van der Waals surface area (Å²) in [7, 11) is 1.62. The maximum absolute atomic E-state index is 12.4. The lowest BCUT2D eigenvalue weighted by molar-refractivity contribution is -0.123. The van der Waals surface area contributed by atoms with Crippen LogP contribution in [0.5, 0.6) is 5.75 Å².